The molecule has 70 valence electrons. The highest BCUT2D eigenvalue weighted by Gasteiger charge is 2.11. The minimum Gasteiger partial charge on any atom is -0.368 e. The summed E-state index contributed by atoms with van der Waals surface area (Å²) in [7, 11) is 0. The highest BCUT2D eigenvalue weighted by molar-refractivity contribution is 5.86. The third-order valence-corrected chi connectivity index (χ3v) is 1.37. The van der Waals surface area contributed by atoms with E-state index in [9.17, 15) is 9.59 Å². The third-order valence-electron chi connectivity index (χ3n) is 1.37. The van der Waals surface area contributed by atoms with E-state index < -0.39 is 11.9 Å². The molecule has 0 aliphatic carbocycles. The molecule has 0 aliphatic rings. The molecule has 0 aliphatic heterocycles. The van der Waals surface area contributed by atoms with Crippen LogP contribution < -0.4 is 16.8 Å². The summed E-state index contributed by atoms with van der Waals surface area (Å²) < 4.78 is 0. The molecule has 0 unspecified atom stereocenters. The second-order valence-electron chi connectivity index (χ2n) is 2.58. The first-order valence-electron chi connectivity index (χ1n) is 3.89. The Morgan fingerprint density at radius 1 is 1.50 bits per heavy atom. The Bertz CT molecular complexity index is 170. The highest BCUT2D eigenvalue weighted by atomic mass is 16.2. The van der Waals surface area contributed by atoms with E-state index in [1.807, 2.05) is 6.92 Å². The van der Waals surface area contributed by atoms with Crippen LogP contribution in [0.15, 0.2) is 0 Å². The molecule has 5 N–H and O–H groups in total. The van der Waals surface area contributed by atoms with Crippen molar-refractivity contribution >= 4 is 11.8 Å². The number of nitrogens with two attached hydrogens (primary N) is 2. The van der Waals surface area contributed by atoms with Gasteiger partial charge in [0, 0.05) is 0 Å². The lowest BCUT2D eigenvalue weighted by Gasteiger charge is -2.09. The van der Waals surface area contributed by atoms with E-state index >= 15 is 0 Å². The molecule has 0 saturated heterocycles. The van der Waals surface area contributed by atoms with Crippen molar-refractivity contribution in [1.82, 2.24) is 5.32 Å². The second kappa shape index (κ2) is 5.54. The minimum absolute atomic E-state index is 0.143. The molecule has 2 amide bonds. The van der Waals surface area contributed by atoms with E-state index in [-0.39, 0.29) is 12.5 Å². The Balaban J connectivity index is 3.64. The van der Waals surface area contributed by atoms with Gasteiger partial charge in [-0.25, -0.2) is 0 Å². The van der Waals surface area contributed by atoms with E-state index in [0.29, 0.717) is 6.42 Å². The van der Waals surface area contributed by atoms with Gasteiger partial charge in [0.25, 0.3) is 0 Å². The minimum atomic E-state index is -0.563. The van der Waals surface area contributed by atoms with Gasteiger partial charge in [-0.15, -0.1) is 0 Å². The van der Waals surface area contributed by atoms with E-state index in [2.05, 4.69) is 5.32 Å². The third kappa shape index (κ3) is 4.68. The van der Waals surface area contributed by atoms with Gasteiger partial charge in [0.2, 0.25) is 11.8 Å². The molecule has 0 heterocycles. The fraction of sp³-hybridized carbons (Fsp3) is 0.714. The maximum atomic E-state index is 11.0. The average Bonchev–Trinajstić information content (AvgIpc) is 2.00. The zero-order valence-electron chi connectivity index (χ0n) is 7.17. The molecule has 12 heavy (non-hydrogen) atoms. The van der Waals surface area contributed by atoms with E-state index in [1.54, 1.807) is 0 Å². The largest absolute Gasteiger partial charge is 0.368 e. The van der Waals surface area contributed by atoms with Crippen molar-refractivity contribution in [3.8, 4) is 0 Å². The number of amides is 2. The molecular weight excluding hydrogens is 158 g/mol. The monoisotopic (exact) mass is 173 g/mol. The van der Waals surface area contributed by atoms with Gasteiger partial charge in [0.15, 0.2) is 0 Å². The lowest BCUT2D eigenvalue weighted by atomic mass is 10.2. The number of carbonyl (C=O) groups excluding carboxylic acids is 2. The SMILES string of the molecule is CCC[C@@H](N)C(=O)NCC(N)=O. The van der Waals surface area contributed by atoms with Crippen LogP contribution >= 0.6 is 0 Å². The molecule has 0 radical (unpaired) electrons. The number of hydrogen-bond acceptors (Lipinski definition) is 3. The first kappa shape index (κ1) is 10.9. The lowest BCUT2D eigenvalue weighted by molar-refractivity contribution is -0.125. The number of hydrogen-bond donors (Lipinski definition) is 3. The van der Waals surface area contributed by atoms with Crippen LogP contribution in [-0.2, 0) is 9.59 Å². The standard InChI is InChI=1S/C7H15N3O2/c1-2-3-5(8)7(12)10-4-6(9)11/h5H,2-4,8H2,1H3,(H2,9,11)(H,10,12)/t5-/m1/s1. The molecule has 0 saturated carbocycles. The van der Waals surface area contributed by atoms with E-state index in [4.69, 9.17) is 11.5 Å². The molecule has 0 aromatic rings. The molecule has 1 atom stereocenters. The first-order valence-corrected chi connectivity index (χ1v) is 3.89. The van der Waals surface area contributed by atoms with Crippen molar-refractivity contribution in [2.45, 2.75) is 25.8 Å². The average molecular weight is 173 g/mol. The molecule has 5 heteroatoms. The van der Waals surface area contributed by atoms with Crippen LogP contribution in [0, 0.1) is 0 Å². The summed E-state index contributed by atoms with van der Waals surface area (Å²) >= 11 is 0. The first-order chi connectivity index (χ1) is 5.57. The Morgan fingerprint density at radius 3 is 2.50 bits per heavy atom. The zero-order valence-corrected chi connectivity index (χ0v) is 7.17. The summed E-state index contributed by atoms with van der Waals surface area (Å²) in [4.78, 5) is 21.2. The maximum Gasteiger partial charge on any atom is 0.237 e. The summed E-state index contributed by atoms with van der Waals surface area (Å²) in [5.74, 6) is -0.886. The number of carbonyl (C=O) groups is 2. The van der Waals surface area contributed by atoms with E-state index in [1.165, 1.54) is 0 Å². The predicted octanol–water partition coefficient (Wildman–Crippen LogP) is -1.28. The van der Waals surface area contributed by atoms with Crippen LogP contribution in [0.3, 0.4) is 0 Å². The van der Waals surface area contributed by atoms with Crippen LogP contribution in [0.1, 0.15) is 19.8 Å². The summed E-state index contributed by atoms with van der Waals surface area (Å²) in [6.07, 6.45) is 1.45. The summed E-state index contributed by atoms with van der Waals surface area (Å²) in [6.45, 7) is 1.79. The molecule has 0 rings (SSSR count). The fourth-order valence-corrected chi connectivity index (χ4v) is 0.747. The smallest absolute Gasteiger partial charge is 0.237 e. The summed E-state index contributed by atoms with van der Waals surface area (Å²) in [5.41, 5.74) is 10.3. The van der Waals surface area contributed by atoms with Crippen molar-refractivity contribution in [1.29, 1.82) is 0 Å². The van der Waals surface area contributed by atoms with Crippen LogP contribution in [0.5, 0.6) is 0 Å². The van der Waals surface area contributed by atoms with Crippen molar-refractivity contribution in [2.24, 2.45) is 11.5 Å². The van der Waals surface area contributed by atoms with Gasteiger partial charge in [-0.05, 0) is 6.42 Å². The number of primary amides is 1. The quantitative estimate of drug-likeness (QED) is 0.482. The molecule has 0 aromatic carbocycles. The Kier molecular flexibility index (Phi) is 5.03. The van der Waals surface area contributed by atoms with Crippen LogP contribution in [0.25, 0.3) is 0 Å². The van der Waals surface area contributed by atoms with Gasteiger partial charge in [0.1, 0.15) is 0 Å². The van der Waals surface area contributed by atoms with Crippen LogP contribution in [-0.4, -0.2) is 24.4 Å². The van der Waals surface area contributed by atoms with Gasteiger partial charge in [0.05, 0.1) is 12.6 Å². The van der Waals surface area contributed by atoms with Gasteiger partial charge < -0.3 is 16.8 Å². The Labute approximate surface area is 71.5 Å². The fourth-order valence-electron chi connectivity index (χ4n) is 0.747. The Morgan fingerprint density at radius 2 is 2.08 bits per heavy atom. The van der Waals surface area contributed by atoms with Gasteiger partial charge in [-0.3, -0.25) is 9.59 Å². The van der Waals surface area contributed by atoms with Gasteiger partial charge >= 0.3 is 0 Å². The topological polar surface area (TPSA) is 98.2 Å². The number of nitrogens with one attached hydrogen (secondary N) is 1. The van der Waals surface area contributed by atoms with Crippen molar-refractivity contribution in [2.75, 3.05) is 6.54 Å². The van der Waals surface area contributed by atoms with Crippen molar-refractivity contribution in [3.63, 3.8) is 0 Å². The molecular formula is C7H15N3O2. The highest BCUT2D eigenvalue weighted by Crippen LogP contribution is 1.91. The zero-order chi connectivity index (χ0) is 9.56. The molecule has 0 bridgehead atoms. The van der Waals surface area contributed by atoms with Gasteiger partial charge in [-0.2, -0.15) is 0 Å². The van der Waals surface area contributed by atoms with Crippen molar-refractivity contribution in [3.05, 3.63) is 0 Å². The van der Waals surface area contributed by atoms with E-state index in [0.717, 1.165) is 6.42 Å². The van der Waals surface area contributed by atoms with Crippen molar-refractivity contribution < 1.29 is 9.59 Å². The molecule has 0 aromatic heterocycles. The summed E-state index contributed by atoms with van der Waals surface area (Å²) in [5, 5.41) is 2.33. The molecule has 0 spiro atoms. The number of rotatable bonds is 5. The predicted molar refractivity (Wildman–Crippen MR) is 45.1 cm³/mol. The normalized spacial score (nSPS) is 12.2. The maximum absolute atomic E-state index is 11.0. The van der Waals surface area contributed by atoms with Crippen LogP contribution in [0.2, 0.25) is 0 Å². The summed E-state index contributed by atoms with van der Waals surface area (Å²) in [6, 6.07) is -0.533. The molecule has 5 nitrogen and oxygen atoms in total. The second-order valence-corrected chi connectivity index (χ2v) is 2.58. The van der Waals surface area contributed by atoms with Gasteiger partial charge in [-0.1, -0.05) is 13.3 Å². The molecule has 0 fully saturated rings. The van der Waals surface area contributed by atoms with Crippen LogP contribution in [0.4, 0.5) is 0 Å². The Hall–Kier alpha value is -1.10. The lowest BCUT2D eigenvalue weighted by Crippen LogP contribution is -2.43.